The largest absolute Gasteiger partial charge is 0.463 e. The number of nitrogens with zero attached hydrogens (tertiary/aromatic N) is 5. The number of nitrogen functional groups attached to an aromatic ring is 1. The second kappa shape index (κ2) is 11.9. The van der Waals surface area contributed by atoms with Gasteiger partial charge in [-0.3, -0.25) is 23.7 Å². The van der Waals surface area contributed by atoms with Gasteiger partial charge in [-0.2, -0.15) is 0 Å². The number of hydrogen-bond acceptors (Lipinski definition) is 13. The monoisotopic (exact) mass is 543 g/mol. The van der Waals surface area contributed by atoms with Crippen molar-refractivity contribution in [3.8, 4) is 0 Å². The van der Waals surface area contributed by atoms with Crippen molar-refractivity contribution in [1.29, 1.82) is 0 Å². The minimum atomic E-state index is -1.11. The van der Waals surface area contributed by atoms with Gasteiger partial charge in [-0.25, -0.2) is 15.0 Å². The summed E-state index contributed by atoms with van der Waals surface area (Å²) < 4.78 is 23.8. The zero-order valence-electron chi connectivity index (χ0n) is 21.6. The highest BCUT2D eigenvalue weighted by Crippen LogP contribution is 2.36. The molecule has 4 heterocycles. The topological polar surface area (TPSA) is 190 Å². The molecule has 0 saturated carbocycles. The molecule has 0 aliphatic carbocycles. The predicted octanol–water partition coefficient (Wildman–Crippen LogP) is -0.0481. The molecule has 15 heteroatoms. The molecule has 0 bridgehead atoms. The molecule has 0 unspecified atom stereocenters. The van der Waals surface area contributed by atoms with Crippen LogP contribution in [0.4, 0.5) is 5.82 Å². The molecule has 0 spiro atoms. The molecule has 1 amide bonds. The van der Waals surface area contributed by atoms with E-state index in [-0.39, 0.29) is 31.3 Å². The highest BCUT2D eigenvalue weighted by atomic mass is 16.7. The van der Waals surface area contributed by atoms with Gasteiger partial charge in [0.1, 0.15) is 24.6 Å². The van der Waals surface area contributed by atoms with Crippen LogP contribution in [0.1, 0.15) is 32.9 Å². The average Bonchev–Trinajstić information content (AvgIpc) is 3.44. The number of allylic oxidation sites excluding steroid dienone is 1. The van der Waals surface area contributed by atoms with Crippen LogP contribution in [-0.2, 0) is 38.1 Å². The van der Waals surface area contributed by atoms with Crippen LogP contribution in [0.5, 0.6) is 0 Å². The van der Waals surface area contributed by atoms with Crippen LogP contribution in [0.2, 0.25) is 0 Å². The van der Waals surface area contributed by atoms with E-state index >= 15 is 0 Å². The van der Waals surface area contributed by atoms with E-state index in [1.807, 2.05) is 19.3 Å². The van der Waals surface area contributed by atoms with E-state index in [2.05, 4.69) is 20.3 Å². The van der Waals surface area contributed by atoms with Crippen LogP contribution in [0, 0.1) is 0 Å². The number of carbonyl (C=O) groups excluding carboxylic acids is 4. The first kappa shape index (κ1) is 27.5. The third-order valence-electron chi connectivity index (χ3n) is 5.90. The number of imidazole rings is 1. The number of nitrogens with one attached hydrogen (secondary N) is 1. The number of amides is 1. The normalized spacial score (nSPS) is 22.3. The Morgan fingerprint density at radius 3 is 2.59 bits per heavy atom. The van der Waals surface area contributed by atoms with Gasteiger partial charge in [-0.1, -0.05) is 6.08 Å². The highest BCUT2D eigenvalue weighted by molar-refractivity contribution is 5.94. The first-order chi connectivity index (χ1) is 18.6. The minimum Gasteiger partial charge on any atom is -0.463 e. The van der Waals surface area contributed by atoms with Gasteiger partial charge in [0.2, 0.25) is 5.91 Å². The van der Waals surface area contributed by atoms with Crippen molar-refractivity contribution in [2.45, 2.75) is 51.2 Å². The van der Waals surface area contributed by atoms with Crippen molar-refractivity contribution >= 4 is 40.8 Å². The second-order valence-corrected chi connectivity index (χ2v) is 8.89. The quantitative estimate of drug-likeness (QED) is 0.316. The Balaban J connectivity index is 1.42. The lowest BCUT2D eigenvalue weighted by molar-refractivity contribution is -0.166. The molecule has 2 aliphatic rings. The molecule has 0 radical (unpaired) electrons. The first-order valence-corrected chi connectivity index (χ1v) is 12.1. The fraction of sp³-hybridized carbons (Fsp3) is 0.458. The van der Waals surface area contributed by atoms with Crippen molar-refractivity contribution in [2.24, 2.45) is 0 Å². The Morgan fingerprint density at radius 2 is 1.87 bits per heavy atom. The van der Waals surface area contributed by atoms with Crippen LogP contribution < -0.4 is 11.1 Å². The standard InChI is InChI=1S/C24H29N7O8/c1-13(32)37-19-16(10-36-17(34)6-7-26-23(35)15-5-4-8-30(3)9-15)39-24(20(19)38-14(2)33)31-12-29-18-21(25)27-11-28-22(18)31/h4,8-9,11-12,16,19-20,24H,5-7,10H2,1-3H3,(H,26,35)(H2,25,27,28)/t16-,19-,20+,24-/m1/s1. The van der Waals surface area contributed by atoms with Gasteiger partial charge in [-0.05, 0) is 12.6 Å². The second-order valence-electron chi connectivity index (χ2n) is 8.89. The lowest BCUT2D eigenvalue weighted by Gasteiger charge is -2.23. The third-order valence-corrected chi connectivity index (χ3v) is 5.90. The first-order valence-electron chi connectivity index (χ1n) is 12.1. The van der Waals surface area contributed by atoms with Gasteiger partial charge < -0.3 is 34.9 Å². The summed E-state index contributed by atoms with van der Waals surface area (Å²) in [5.74, 6) is -2.06. The zero-order valence-corrected chi connectivity index (χ0v) is 21.6. The number of hydrogen-bond donors (Lipinski definition) is 2. The number of anilines is 1. The number of ether oxygens (including phenoxy) is 4. The summed E-state index contributed by atoms with van der Waals surface area (Å²) >= 11 is 0. The average molecular weight is 544 g/mol. The van der Waals surface area contributed by atoms with Crippen molar-refractivity contribution in [3.63, 3.8) is 0 Å². The van der Waals surface area contributed by atoms with Crippen molar-refractivity contribution in [1.82, 2.24) is 29.7 Å². The van der Waals surface area contributed by atoms with E-state index in [0.29, 0.717) is 23.2 Å². The summed E-state index contributed by atoms with van der Waals surface area (Å²) in [5.41, 5.74) is 7.05. The maximum absolute atomic E-state index is 12.4. The lowest BCUT2D eigenvalue weighted by atomic mass is 10.1. The predicted molar refractivity (Wildman–Crippen MR) is 133 cm³/mol. The van der Waals surface area contributed by atoms with Crippen molar-refractivity contribution in [3.05, 3.63) is 36.7 Å². The van der Waals surface area contributed by atoms with E-state index in [1.165, 1.54) is 31.1 Å². The molecular weight excluding hydrogens is 514 g/mol. The lowest BCUT2D eigenvalue weighted by Crippen LogP contribution is -2.40. The molecule has 2 aromatic rings. The third kappa shape index (κ3) is 6.49. The number of fused-ring (bicyclic) bond motifs is 1. The summed E-state index contributed by atoms with van der Waals surface area (Å²) in [4.78, 5) is 62.6. The molecule has 15 nitrogen and oxygen atoms in total. The van der Waals surface area contributed by atoms with Gasteiger partial charge in [-0.15, -0.1) is 0 Å². The van der Waals surface area contributed by atoms with E-state index in [4.69, 9.17) is 24.7 Å². The van der Waals surface area contributed by atoms with Gasteiger partial charge in [0, 0.05) is 39.2 Å². The molecule has 1 saturated heterocycles. The fourth-order valence-corrected chi connectivity index (χ4v) is 4.25. The summed E-state index contributed by atoms with van der Waals surface area (Å²) in [6.45, 7) is 2.14. The van der Waals surface area contributed by atoms with Crippen molar-refractivity contribution < 1.29 is 38.1 Å². The molecular formula is C24H29N7O8. The van der Waals surface area contributed by atoms with E-state index < -0.39 is 42.4 Å². The number of aromatic nitrogens is 4. The van der Waals surface area contributed by atoms with E-state index in [9.17, 15) is 19.2 Å². The molecule has 1 fully saturated rings. The van der Waals surface area contributed by atoms with Crippen LogP contribution in [-0.4, -0.2) is 86.7 Å². The Morgan fingerprint density at radius 1 is 1.13 bits per heavy atom. The zero-order chi connectivity index (χ0) is 28.1. The van der Waals surface area contributed by atoms with Gasteiger partial charge >= 0.3 is 17.9 Å². The number of rotatable bonds is 9. The smallest absolute Gasteiger partial charge is 0.307 e. The molecule has 4 atom stereocenters. The summed E-state index contributed by atoms with van der Waals surface area (Å²) in [7, 11) is 1.81. The minimum absolute atomic E-state index is 0.0577. The van der Waals surface area contributed by atoms with Gasteiger partial charge in [0.25, 0.3) is 0 Å². The fourth-order valence-electron chi connectivity index (χ4n) is 4.25. The highest BCUT2D eigenvalue weighted by Gasteiger charge is 2.51. The molecule has 3 N–H and O–H groups in total. The Hall–Kier alpha value is -4.53. The number of esters is 3. The Kier molecular flexibility index (Phi) is 8.39. The van der Waals surface area contributed by atoms with Crippen LogP contribution in [0.15, 0.2) is 36.7 Å². The molecule has 2 aromatic heterocycles. The van der Waals surface area contributed by atoms with Crippen LogP contribution >= 0.6 is 0 Å². The number of carbonyl (C=O) groups is 4. The van der Waals surface area contributed by atoms with Crippen LogP contribution in [0.3, 0.4) is 0 Å². The molecule has 39 heavy (non-hydrogen) atoms. The van der Waals surface area contributed by atoms with Crippen LogP contribution in [0.25, 0.3) is 11.2 Å². The van der Waals surface area contributed by atoms with E-state index in [0.717, 1.165) is 0 Å². The maximum Gasteiger partial charge on any atom is 0.307 e. The maximum atomic E-state index is 12.4. The molecule has 2 aliphatic heterocycles. The summed E-state index contributed by atoms with van der Waals surface area (Å²) in [6, 6.07) is 0. The molecule has 208 valence electrons. The Bertz CT molecular complexity index is 1320. The summed E-state index contributed by atoms with van der Waals surface area (Å²) in [6.07, 6.45) is 4.18. The SMILES string of the molecule is CC(=O)O[C@H]1[C@H](OC(C)=O)[C@@H](COC(=O)CCNC(=O)C2=CN(C)C=CC2)O[C@H]1n1cnc2c(N)ncnc21. The number of nitrogens with two attached hydrogens (primary N) is 1. The van der Waals surface area contributed by atoms with Gasteiger partial charge in [0.15, 0.2) is 29.9 Å². The summed E-state index contributed by atoms with van der Waals surface area (Å²) in [5, 5.41) is 2.68. The van der Waals surface area contributed by atoms with Crippen molar-refractivity contribution in [2.75, 3.05) is 25.9 Å². The van der Waals surface area contributed by atoms with Gasteiger partial charge in [0.05, 0.1) is 12.7 Å². The Labute approximate surface area is 222 Å². The molecule has 0 aromatic carbocycles. The molecule has 4 rings (SSSR count). The van der Waals surface area contributed by atoms with E-state index in [1.54, 1.807) is 11.1 Å².